The molecule has 7 nitrogen and oxygen atoms in total. The summed E-state index contributed by atoms with van der Waals surface area (Å²) in [5.74, 6) is -0.905. The Labute approximate surface area is 160 Å². The Hall–Kier alpha value is -3.42. The third kappa shape index (κ3) is 2.96. The fourth-order valence-electron chi connectivity index (χ4n) is 3.53. The van der Waals surface area contributed by atoms with Crippen molar-refractivity contribution in [1.82, 2.24) is 9.88 Å². The molecule has 0 spiro atoms. The molecule has 1 aliphatic rings. The van der Waals surface area contributed by atoms with Crippen molar-refractivity contribution in [1.29, 1.82) is 0 Å². The Balaban J connectivity index is 1.90. The highest BCUT2D eigenvalue weighted by Gasteiger charge is 2.33. The van der Waals surface area contributed by atoms with Crippen molar-refractivity contribution < 1.29 is 19.8 Å². The van der Waals surface area contributed by atoms with Gasteiger partial charge in [-0.25, -0.2) is 0 Å². The molecular weight excluding hydrogens is 358 g/mol. The summed E-state index contributed by atoms with van der Waals surface area (Å²) < 4.78 is 1.92. The molecule has 2 amide bonds. The Morgan fingerprint density at radius 2 is 1.82 bits per heavy atom. The molecule has 1 atom stereocenters. The van der Waals surface area contributed by atoms with Gasteiger partial charge in [0.25, 0.3) is 11.8 Å². The van der Waals surface area contributed by atoms with Gasteiger partial charge in [-0.15, -0.1) is 0 Å². The number of fused-ring (bicyclic) bond motifs is 1. The van der Waals surface area contributed by atoms with Gasteiger partial charge in [0, 0.05) is 35.4 Å². The monoisotopic (exact) mass is 377 g/mol. The van der Waals surface area contributed by atoms with E-state index in [9.17, 15) is 14.7 Å². The molecule has 28 heavy (non-hydrogen) atoms. The minimum absolute atomic E-state index is 0.281. The van der Waals surface area contributed by atoms with Crippen LogP contribution in [0.2, 0.25) is 0 Å². The lowest BCUT2D eigenvalue weighted by atomic mass is 9.95. The van der Waals surface area contributed by atoms with Crippen LogP contribution in [-0.4, -0.2) is 39.4 Å². The number of hydrogen-bond acceptors (Lipinski definition) is 5. The predicted molar refractivity (Wildman–Crippen MR) is 106 cm³/mol. The molecule has 4 N–H and O–H groups in total. The van der Waals surface area contributed by atoms with E-state index in [0.29, 0.717) is 22.4 Å². The van der Waals surface area contributed by atoms with E-state index in [2.05, 4.69) is 10.6 Å². The minimum atomic E-state index is -1.12. The molecule has 0 aliphatic carbocycles. The van der Waals surface area contributed by atoms with E-state index >= 15 is 0 Å². The Morgan fingerprint density at radius 3 is 2.61 bits per heavy atom. The maximum Gasteiger partial charge on any atom is 0.259 e. The van der Waals surface area contributed by atoms with Crippen LogP contribution >= 0.6 is 0 Å². The van der Waals surface area contributed by atoms with Crippen molar-refractivity contribution in [2.75, 3.05) is 11.9 Å². The smallest absolute Gasteiger partial charge is 0.259 e. The van der Waals surface area contributed by atoms with Gasteiger partial charge < -0.3 is 20.1 Å². The van der Waals surface area contributed by atoms with Crippen molar-refractivity contribution in [3.63, 3.8) is 0 Å². The second kappa shape index (κ2) is 6.95. The second-order valence-corrected chi connectivity index (χ2v) is 6.63. The quantitative estimate of drug-likeness (QED) is 0.398. The standard InChI is InChI=1S/C21H19N3O4/c1-24-10-15(14-7-2-3-8-16(14)24)19-18(20(27)23-21(19)28)12-5-4-6-13(9-12)22-17(26)11-25/h2-10,17,22,25-26H,11H2,1H3,(H,23,27,28). The molecule has 1 aromatic heterocycles. The normalized spacial score (nSPS) is 15.2. The van der Waals surface area contributed by atoms with Gasteiger partial charge >= 0.3 is 0 Å². The molecule has 0 bridgehead atoms. The number of amides is 2. The molecule has 0 fully saturated rings. The maximum atomic E-state index is 12.6. The van der Waals surface area contributed by atoms with Crippen LogP contribution in [0, 0.1) is 0 Å². The molecule has 0 saturated heterocycles. The largest absolute Gasteiger partial charge is 0.392 e. The van der Waals surface area contributed by atoms with Gasteiger partial charge in [0.05, 0.1) is 17.8 Å². The van der Waals surface area contributed by atoms with Crippen molar-refractivity contribution in [2.24, 2.45) is 7.05 Å². The van der Waals surface area contributed by atoms with Crippen molar-refractivity contribution in [3.05, 3.63) is 65.9 Å². The van der Waals surface area contributed by atoms with Gasteiger partial charge in [0.2, 0.25) is 0 Å². The van der Waals surface area contributed by atoms with Gasteiger partial charge in [-0.3, -0.25) is 14.9 Å². The van der Waals surface area contributed by atoms with Gasteiger partial charge in [-0.1, -0.05) is 30.3 Å². The highest BCUT2D eigenvalue weighted by Crippen LogP contribution is 2.36. The highest BCUT2D eigenvalue weighted by molar-refractivity contribution is 6.50. The van der Waals surface area contributed by atoms with Crippen LogP contribution in [0.5, 0.6) is 0 Å². The molecule has 142 valence electrons. The second-order valence-electron chi connectivity index (χ2n) is 6.63. The predicted octanol–water partition coefficient (Wildman–Crippen LogP) is 1.47. The number of para-hydroxylation sites is 1. The van der Waals surface area contributed by atoms with Crippen LogP contribution in [0.4, 0.5) is 5.69 Å². The van der Waals surface area contributed by atoms with Gasteiger partial charge in [0.1, 0.15) is 6.23 Å². The van der Waals surface area contributed by atoms with Gasteiger partial charge in [0.15, 0.2) is 0 Å². The van der Waals surface area contributed by atoms with E-state index in [1.807, 2.05) is 42.1 Å². The molecule has 1 aliphatic heterocycles. The van der Waals surface area contributed by atoms with Crippen molar-refractivity contribution >= 4 is 39.6 Å². The maximum absolute atomic E-state index is 12.6. The molecule has 0 radical (unpaired) electrons. The van der Waals surface area contributed by atoms with Crippen LogP contribution in [0.15, 0.2) is 54.7 Å². The summed E-state index contributed by atoms with van der Waals surface area (Å²) in [7, 11) is 1.89. The lowest BCUT2D eigenvalue weighted by Gasteiger charge is -2.12. The molecule has 4 rings (SSSR count). The van der Waals surface area contributed by atoms with Crippen LogP contribution < -0.4 is 10.6 Å². The number of hydrogen-bond donors (Lipinski definition) is 4. The van der Waals surface area contributed by atoms with Crippen LogP contribution in [0.1, 0.15) is 11.1 Å². The van der Waals surface area contributed by atoms with Crippen LogP contribution in [0.25, 0.3) is 22.0 Å². The van der Waals surface area contributed by atoms with E-state index in [1.165, 1.54) is 0 Å². The number of benzene rings is 2. The summed E-state index contributed by atoms with van der Waals surface area (Å²) in [5.41, 5.74) is 3.31. The fourth-order valence-corrected chi connectivity index (χ4v) is 3.53. The number of aliphatic hydroxyl groups excluding tert-OH is 2. The Kier molecular flexibility index (Phi) is 4.46. The molecule has 3 aromatic rings. The molecule has 1 unspecified atom stereocenters. The number of aromatic nitrogens is 1. The number of nitrogens with one attached hydrogen (secondary N) is 2. The molecule has 2 aromatic carbocycles. The zero-order valence-electron chi connectivity index (χ0n) is 15.1. The fraction of sp³-hybridized carbons (Fsp3) is 0.143. The summed E-state index contributed by atoms with van der Waals surface area (Å²) >= 11 is 0. The third-order valence-corrected chi connectivity index (χ3v) is 4.75. The number of anilines is 1. The molecule has 2 heterocycles. The summed E-state index contributed by atoms with van der Waals surface area (Å²) in [5, 5.41) is 24.6. The van der Waals surface area contributed by atoms with E-state index in [0.717, 1.165) is 10.9 Å². The number of nitrogens with zero attached hydrogens (tertiary/aromatic N) is 1. The lowest BCUT2D eigenvalue weighted by Crippen LogP contribution is -2.23. The first kappa shape index (κ1) is 18.0. The third-order valence-electron chi connectivity index (χ3n) is 4.75. The first-order valence-corrected chi connectivity index (χ1v) is 8.80. The topological polar surface area (TPSA) is 104 Å². The molecule has 0 saturated carbocycles. The van der Waals surface area contributed by atoms with Crippen molar-refractivity contribution in [2.45, 2.75) is 6.23 Å². The first-order chi connectivity index (χ1) is 13.5. The minimum Gasteiger partial charge on any atom is -0.392 e. The average molecular weight is 377 g/mol. The summed E-state index contributed by atoms with van der Waals surface area (Å²) in [4.78, 5) is 25.2. The van der Waals surface area contributed by atoms with Gasteiger partial charge in [-0.05, 0) is 23.8 Å². The highest BCUT2D eigenvalue weighted by atomic mass is 16.3. The summed E-state index contributed by atoms with van der Waals surface area (Å²) in [6, 6.07) is 14.5. The van der Waals surface area contributed by atoms with E-state index in [4.69, 9.17) is 5.11 Å². The summed E-state index contributed by atoms with van der Waals surface area (Å²) in [6.07, 6.45) is 0.719. The summed E-state index contributed by atoms with van der Waals surface area (Å²) in [6.45, 7) is -0.451. The first-order valence-electron chi connectivity index (χ1n) is 8.80. The van der Waals surface area contributed by atoms with Crippen LogP contribution in [0.3, 0.4) is 0 Å². The van der Waals surface area contributed by atoms with E-state index in [-0.39, 0.29) is 5.57 Å². The number of rotatable bonds is 5. The van der Waals surface area contributed by atoms with Gasteiger partial charge in [-0.2, -0.15) is 0 Å². The number of imide groups is 1. The number of carbonyl (C=O) groups excluding carboxylic acids is 2. The Morgan fingerprint density at radius 1 is 1.07 bits per heavy atom. The zero-order valence-corrected chi connectivity index (χ0v) is 15.1. The lowest BCUT2D eigenvalue weighted by molar-refractivity contribution is -0.122. The van der Waals surface area contributed by atoms with Crippen LogP contribution in [-0.2, 0) is 16.6 Å². The number of carbonyl (C=O) groups is 2. The average Bonchev–Trinajstić information content (AvgIpc) is 3.17. The zero-order chi connectivity index (χ0) is 19.8. The SMILES string of the molecule is Cn1cc(C2=C(c3cccc(NC(O)CO)c3)C(=O)NC2=O)c2ccccc21. The molecular formula is C21H19N3O4. The van der Waals surface area contributed by atoms with E-state index < -0.39 is 24.6 Å². The Bertz CT molecular complexity index is 1130. The van der Waals surface area contributed by atoms with Crippen molar-refractivity contribution in [3.8, 4) is 0 Å². The van der Waals surface area contributed by atoms with E-state index in [1.54, 1.807) is 24.3 Å². The number of aliphatic hydroxyl groups is 2. The number of aryl methyl sites for hydroxylation is 1. The molecule has 7 heteroatoms.